The van der Waals surface area contributed by atoms with Gasteiger partial charge in [-0.25, -0.2) is 0 Å². The molecule has 2 N–H and O–H groups in total. The van der Waals surface area contributed by atoms with Gasteiger partial charge in [-0.15, -0.1) is 0 Å². The smallest absolute Gasteiger partial charge is 0.118 e. The van der Waals surface area contributed by atoms with Crippen molar-refractivity contribution in [1.29, 1.82) is 0 Å². The molecule has 1 aromatic rings. The van der Waals surface area contributed by atoms with Crippen LogP contribution in [-0.2, 0) is 13.1 Å². The van der Waals surface area contributed by atoms with E-state index in [9.17, 15) is 0 Å². The van der Waals surface area contributed by atoms with Crippen LogP contribution in [0.4, 0.5) is 0 Å². The molecule has 2 aliphatic rings. The molecule has 1 aliphatic heterocycles. The van der Waals surface area contributed by atoms with Crippen molar-refractivity contribution in [2.75, 3.05) is 6.54 Å². The Bertz CT molecular complexity index is 424. The Morgan fingerprint density at radius 2 is 2.05 bits per heavy atom. The lowest BCUT2D eigenvalue weighted by Gasteiger charge is -2.44. The van der Waals surface area contributed by atoms with Gasteiger partial charge in [0.2, 0.25) is 0 Å². The lowest BCUT2D eigenvalue weighted by molar-refractivity contribution is 0.0544. The minimum atomic E-state index is 0.507. The van der Waals surface area contributed by atoms with Gasteiger partial charge in [0.05, 0.1) is 6.54 Å². The summed E-state index contributed by atoms with van der Waals surface area (Å²) >= 11 is 0. The molecule has 1 saturated heterocycles. The van der Waals surface area contributed by atoms with E-state index in [0.29, 0.717) is 6.54 Å². The molecular formula is C16H26N2O. The molecule has 3 nitrogen and oxygen atoms in total. The van der Waals surface area contributed by atoms with Crippen molar-refractivity contribution in [2.24, 2.45) is 11.7 Å². The standard InChI is InChI=1S/C16H26N2O/c1-12-14(9-15(10-17)19-12)11-18-8-4-6-13-5-2-3-7-16(13)18/h9,13,16H,2-8,10-11,17H2,1H3. The van der Waals surface area contributed by atoms with E-state index in [0.717, 1.165) is 30.0 Å². The molecule has 106 valence electrons. The minimum Gasteiger partial charge on any atom is -0.465 e. The summed E-state index contributed by atoms with van der Waals surface area (Å²) in [6, 6.07) is 2.97. The molecule has 0 spiro atoms. The highest BCUT2D eigenvalue weighted by atomic mass is 16.3. The van der Waals surface area contributed by atoms with E-state index in [-0.39, 0.29) is 0 Å². The van der Waals surface area contributed by atoms with Gasteiger partial charge < -0.3 is 10.2 Å². The number of furan rings is 1. The van der Waals surface area contributed by atoms with Gasteiger partial charge in [-0.1, -0.05) is 12.8 Å². The topological polar surface area (TPSA) is 42.4 Å². The Morgan fingerprint density at radius 3 is 2.84 bits per heavy atom. The maximum atomic E-state index is 5.69. The summed E-state index contributed by atoms with van der Waals surface area (Å²) in [4.78, 5) is 2.70. The summed E-state index contributed by atoms with van der Waals surface area (Å²) < 4.78 is 5.69. The van der Waals surface area contributed by atoms with Crippen molar-refractivity contribution in [2.45, 2.75) is 64.6 Å². The highest BCUT2D eigenvalue weighted by Gasteiger charge is 2.33. The monoisotopic (exact) mass is 262 g/mol. The van der Waals surface area contributed by atoms with E-state index in [1.54, 1.807) is 0 Å². The van der Waals surface area contributed by atoms with Crippen LogP contribution in [0.5, 0.6) is 0 Å². The molecule has 2 unspecified atom stereocenters. The molecule has 2 atom stereocenters. The van der Waals surface area contributed by atoms with Crippen molar-refractivity contribution >= 4 is 0 Å². The number of hydrogen-bond donors (Lipinski definition) is 1. The third-order valence-corrected chi connectivity index (χ3v) is 5.00. The van der Waals surface area contributed by atoms with Crippen LogP contribution in [0, 0.1) is 12.8 Å². The summed E-state index contributed by atoms with van der Waals surface area (Å²) in [7, 11) is 0. The van der Waals surface area contributed by atoms with Gasteiger partial charge in [0.25, 0.3) is 0 Å². The van der Waals surface area contributed by atoms with Crippen LogP contribution < -0.4 is 5.73 Å². The second-order valence-corrected chi connectivity index (χ2v) is 6.22. The fourth-order valence-corrected chi connectivity index (χ4v) is 3.99. The fraction of sp³-hybridized carbons (Fsp3) is 0.750. The summed E-state index contributed by atoms with van der Waals surface area (Å²) in [6.45, 7) is 4.88. The van der Waals surface area contributed by atoms with Gasteiger partial charge in [0, 0.05) is 18.2 Å². The maximum Gasteiger partial charge on any atom is 0.118 e. The normalized spacial score (nSPS) is 28.3. The Morgan fingerprint density at radius 1 is 1.26 bits per heavy atom. The van der Waals surface area contributed by atoms with Crippen molar-refractivity contribution in [3.05, 3.63) is 23.2 Å². The van der Waals surface area contributed by atoms with Crippen LogP contribution in [-0.4, -0.2) is 17.5 Å². The second kappa shape index (κ2) is 5.68. The predicted octanol–water partition coefficient (Wildman–Crippen LogP) is 3.20. The third-order valence-electron chi connectivity index (χ3n) is 5.00. The summed E-state index contributed by atoms with van der Waals surface area (Å²) in [6.07, 6.45) is 8.50. The number of nitrogens with zero attached hydrogens (tertiary/aromatic N) is 1. The Hall–Kier alpha value is -0.800. The first-order chi connectivity index (χ1) is 9.28. The predicted molar refractivity (Wildman–Crippen MR) is 76.7 cm³/mol. The average molecular weight is 262 g/mol. The van der Waals surface area contributed by atoms with Crippen LogP contribution in [0.15, 0.2) is 10.5 Å². The molecule has 0 aromatic carbocycles. The van der Waals surface area contributed by atoms with Gasteiger partial charge >= 0.3 is 0 Å². The van der Waals surface area contributed by atoms with E-state index >= 15 is 0 Å². The fourth-order valence-electron chi connectivity index (χ4n) is 3.99. The number of rotatable bonds is 3. The number of nitrogens with two attached hydrogens (primary N) is 1. The zero-order chi connectivity index (χ0) is 13.2. The van der Waals surface area contributed by atoms with Crippen LogP contribution in [0.1, 0.15) is 55.6 Å². The van der Waals surface area contributed by atoms with E-state index in [1.165, 1.54) is 50.6 Å². The van der Waals surface area contributed by atoms with E-state index in [2.05, 4.69) is 17.9 Å². The molecule has 19 heavy (non-hydrogen) atoms. The number of fused-ring (bicyclic) bond motifs is 1. The van der Waals surface area contributed by atoms with Gasteiger partial charge in [-0.3, -0.25) is 4.90 Å². The largest absolute Gasteiger partial charge is 0.465 e. The van der Waals surface area contributed by atoms with E-state index < -0.39 is 0 Å². The first kappa shape index (κ1) is 13.2. The second-order valence-electron chi connectivity index (χ2n) is 6.22. The van der Waals surface area contributed by atoms with Crippen molar-refractivity contribution < 1.29 is 4.42 Å². The molecule has 0 amide bonds. The van der Waals surface area contributed by atoms with Gasteiger partial charge in [0.15, 0.2) is 0 Å². The van der Waals surface area contributed by atoms with Gasteiger partial charge in [0.1, 0.15) is 11.5 Å². The molecule has 0 bridgehead atoms. The quantitative estimate of drug-likeness (QED) is 0.909. The third kappa shape index (κ3) is 2.72. The summed E-state index contributed by atoms with van der Waals surface area (Å²) in [5.41, 5.74) is 7.00. The molecule has 2 heterocycles. The lowest BCUT2D eigenvalue weighted by Crippen LogP contribution is -2.46. The average Bonchev–Trinajstić information content (AvgIpc) is 2.80. The zero-order valence-electron chi connectivity index (χ0n) is 12.0. The Kier molecular flexibility index (Phi) is 3.94. The van der Waals surface area contributed by atoms with Crippen LogP contribution >= 0.6 is 0 Å². The molecule has 3 rings (SSSR count). The van der Waals surface area contributed by atoms with E-state index in [4.69, 9.17) is 10.2 Å². The highest BCUT2D eigenvalue weighted by Crippen LogP contribution is 2.36. The number of hydrogen-bond acceptors (Lipinski definition) is 3. The molecule has 1 aromatic heterocycles. The number of likely N-dealkylation sites (tertiary alicyclic amines) is 1. The molecule has 3 heteroatoms. The Balaban J connectivity index is 1.72. The van der Waals surface area contributed by atoms with Crippen molar-refractivity contribution in [3.8, 4) is 0 Å². The molecule has 0 radical (unpaired) electrons. The van der Waals surface area contributed by atoms with Crippen LogP contribution in [0.3, 0.4) is 0 Å². The van der Waals surface area contributed by atoms with E-state index in [1.807, 2.05) is 0 Å². The SMILES string of the molecule is Cc1oc(CN)cc1CN1CCCC2CCCCC21. The minimum absolute atomic E-state index is 0.507. The lowest BCUT2D eigenvalue weighted by atomic mass is 9.78. The Labute approximate surface area is 116 Å². The molecule has 1 aliphatic carbocycles. The number of piperidine rings is 1. The zero-order valence-corrected chi connectivity index (χ0v) is 12.0. The first-order valence-corrected chi connectivity index (χ1v) is 7.80. The van der Waals surface area contributed by atoms with Crippen molar-refractivity contribution in [1.82, 2.24) is 4.90 Å². The molecular weight excluding hydrogens is 236 g/mol. The number of aryl methyl sites for hydroxylation is 1. The van der Waals surface area contributed by atoms with Gasteiger partial charge in [-0.05, 0) is 51.1 Å². The summed E-state index contributed by atoms with van der Waals surface area (Å²) in [5.74, 6) is 2.92. The maximum absolute atomic E-state index is 5.69. The summed E-state index contributed by atoms with van der Waals surface area (Å²) in [5, 5.41) is 0. The molecule has 1 saturated carbocycles. The van der Waals surface area contributed by atoms with Crippen molar-refractivity contribution in [3.63, 3.8) is 0 Å². The highest BCUT2D eigenvalue weighted by molar-refractivity contribution is 5.21. The first-order valence-electron chi connectivity index (χ1n) is 7.80. The van der Waals surface area contributed by atoms with Gasteiger partial charge in [-0.2, -0.15) is 0 Å². The van der Waals surface area contributed by atoms with Crippen LogP contribution in [0.2, 0.25) is 0 Å². The molecule has 2 fully saturated rings. The van der Waals surface area contributed by atoms with Crippen LogP contribution in [0.25, 0.3) is 0 Å².